The maximum Gasteiger partial charge on any atom is 0.0991 e. The van der Waals surface area contributed by atoms with Crippen LogP contribution in [0.15, 0.2) is 182 Å². The number of nitrogens with zero attached hydrogens (tertiary/aromatic N) is 2. The molecule has 2 heterocycles. The fraction of sp³-hybridized carbons (Fsp3) is 0.0192. The minimum atomic E-state index is -0.478. The summed E-state index contributed by atoms with van der Waals surface area (Å²) in [7, 11) is 0. The highest BCUT2D eigenvalue weighted by atomic mass is 15.0. The summed E-state index contributed by atoms with van der Waals surface area (Å²) >= 11 is 0. The van der Waals surface area contributed by atoms with Crippen molar-refractivity contribution >= 4 is 43.4 Å². The van der Waals surface area contributed by atoms with Gasteiger partial charge in [-0.15, -0.1) is 0 Å². The highest BCUT2D eigenvalue weighted by Crippen LogP contribution is 2.61. The third-order valence-corrected chi connectivity index (χ3v) is 12.2. The second kappa shape index (κ2) is 10.7. The number of hydrogen-bond acceptors (Lipinski definition) is 1. The molecule has 12 rings (SSSR count). The normalized spacial score (nSPS) is 15.1. The van der Waals surface area contributed by atoms with Gasteiger partial charge in [-0.2, -0.15) is 5.26 Å². The predicted octanol–water partition coefficient (Wildman–Crippen LogP) is 13.0. The molecule has 0 saturated carbocycles. The minimum absolute atomic E-state index is 0.478. The Hall–Kier alpha value is -7.21. The number of aromatic nitrogens is 1. The van der Waals surface area contributed by atoms with E-state index in [0.29, 0.717) is 5.56 Å². The van der Waals surface area contributed by atoms with Crippen molar-refractivity contribution in [2.45, 2.75) is 5.41 Å². The Morgan fingerprint density at radius 2 is 1.07 bits per heavy atom. The lowest BCUT2D eigenvalue weighted by Gasteiger charge is -2.39. The molecule has 1 aliphatic heterocycles. The zero-order valence-electron chi connectivity index (χ0n) is 29.2. The van der Waals surface area contributed by atoms with Crippen molar-refractivity contribution in [2.75, 3.05) is 0 Å². The number of nitriles is 1. The predicted molar refractivity (Wildman–Crippen MR) is 222 cm³/mol. The molecule has 1 unspecified atom stereocenters. The van der Waals surface area contributed by atoms with Crippen molar-refractivity contribution in [1.82, 2.24) is 4.57 Å². The summed E-state index contributed by atoms with van der Waals surface area (Å²) in [5.41, 5.74) is 16.6. The summed E-state index contributed by atoms with van der Waals surface area (Å²) in [4.78, 5) is 0. The largest absolute Gasteiger partial charge is 0.309 e. The van der Waals surface area contributed by atoms with Crippen LogP contribution in [0, 0.1) is 11.3 Å². The Morgan fingerprint density at radius 3 is 1.96 bits per heavy atom. The van der Waals surface area contributed by atoms with Crippen molar-refractivity contribution in [2.24, 2.45) is 0 Å². The first kappa shape index (κ1) is 29.4. The van der Waals surface area contributed by atoms with Gasteiger partial charge in [0.1, 0.15) is 0 Å². The molecule has 1 spiro atoms. The highest BCUT2D eigenvalue weighted by molar-refractivity contribution is 6.14. The van der Waals surface area contributed by atoms with E-state index >= 15 is 0 Å². The zero-order chi connectivity index (χ0) is 35.5. The molecule has 0 N–H and O–H groups in total. The van der Waals surface area contributed by atoms with Gasteiger partial charge in [0, 0.05) is 10.8 Å². The number of fused-ring (bicyclic) bond motifs is 14. The Morgan fingerprint density at radius 1 is 0.407 bits per heavy atom. The average Bonchev–Trinajstić information content (AvgIpc) is 3.72. The molecule has 248 valence electrons. The van der Waals surface area contributed by atoms with Crippen LogP contribution in [0.25, 0.3) is 82.4 Å². The van der Waals surface area contributed by atoms with Gasteiger partial charge in [0.2, 0.25) is 0 Å². The second-order valence-corrected chi connectivity index (χ2v) is 14.8. The van der Waals surface area contributed by atoms with Gasteiger partial charge >= 0.3 is 0 Å². The molecular formula is C52H30N2. The average molecular weight is 683 g/mol. The van der Waals surface area contributed by atoms with Crippen LogP contribution in [0.3, 0.4) is 0 Å². The van der Waals surface area contributed by atoms with Crippen molar-refractivity contribution in [3.05, 3.63) is 210 Å². The second-order valence-electron chi connectivity index (χ2n) is 14.8. The molecular weight excluding hydrogens is 653 g/mol. The van der Waals surface area contributed by atoms with E-state index in [0.717, 1.165) is 10.8 Å². The van der Waals surface area contributed by atoms with Crippen molar-refractivity contribution in [3.8, 4) is 45.1 Å². The Labute approximate surface area is 312 Å². The van der Waals surface area contributed by atoms with Crippen molar-refractivity contribution in [1.29, 1.82) is 5.26 Å². The molecule has 0 amide bonds. The van der Waals surface area contributed by atoms with Gasteiger partial charge in [-0.1, -0.05) is 127 Å². The molecule has 2 aliphatic rings. The van der Waals surface area contributed by atoms with Gasteiger partial charge in [-0.25, -0.2) is 0 Å². The molecule has 1 aliphatic carbocycles. The Kier molecular flexibility index (Phi) is 5.80. The molecule has 0 bridgehead atoms. The van der Waals surface area contributed by atoms with Gasteiger partial charge in [0.05, 0.1) is 33.8 Å². The van der Waals surface area contributed by atoms with Crippen molar-refractivity contribution in [3.63, 3.8) is 0 Å². The van der Waals surface area contributed by atoms with E-state index in [1.807, 2.05) is 18.2 Å². The van der Waals surface area contributed by atoms with Gasteiger partial charge in [-0.05, 0) is 132 Å². The third-order valence-electron chi connectivity index (χ3n) is 12.2. The quantitative estimate of drug-likeness (QED) is 0.167. The molecule has 0 fully saturated rings. The zero-order valence-corrected chi connectivity index (χ0v) is 29.2. The van der Waals surface area contributed by atoms with Crippen LogP contribution >= 0.6 is 0 Å². The van der Waals surface area contributed by atoms with Gasteiger partial charge in [-0.3, -0.25) is 0 Å². The maximum atomic E-state index is 9.52. The standard InChI is InChI=1S/C52H30N2/c53-31-32-17-18-35-26-36-20-19-34(27-40(36)28-39(35)25-32)38-21-23-46-43(29-38)41-11-4-5-13-45(41)52(46)47-14-6-7-16-50(47)54-49-24-22-37(33-9-2-1-3-10-33)30-44(49)42-12-8-15-48(52)51(42)54/h1-30H. The van der Waals surface area contributed by atoms with Gasteiger partial charge < -0.3 is 4.57 Å². The molecule has 9 aromatic carbocycles. The van der Waals surface area contributed by atoms with Crippen LogP contribution in [-0.2, 0) is 5.41 Å². The minimum Gasteiger partial charge on any atom is -0.309 e. The smallest absolute Gasteiger partial charge is 0.0991 e. The van der Waals surface area contributed by atoms with E-state index in [4.69, 9.17) is 0 Å². The lowest BCUT2D eigenvalue weighted by molar-refractivity contribution is 0.748. The molecule has 1 aromatic heterocycles. The van der Waals surface area contributed by atoms with Crippen LogP contribution in [-0.4, -0.2) is 4.57 Å². The third kappa shape index (κ3) is 3.78. The van der Waals surface area contributed by atoms with E-state index in [-0.39, 0.29) is 0 Å². The summed E-state index contributed by atoms with van der Waals surface area (Å²) in [6.45, 7) is 0. The molecule has 1 atom stereocenters. The van der Waals surface area contributed by atoms with Gasteiger partial charge in [0.25, 0.3) is 0 Å². The molecule has 0 radical (unpaired) electrons. The number of para-hydroxylation sites is 2. The number of benzene rings is 9. The monoisotopic (exact) mass is 682 g/mol. The maximum absolute atomic E-state index is 9.52. The molecule has 2 nitrogen and oxygen atoms in total. The lowest BCUT2D eigenvalue weighted by Crippen LogP contribution is -2.33. The SMILES string of the molecule is N#Cc1ccc2cc3ccc(-c4ccc5c(c4)-c4ccccc4C54c5ccccc5-n5c6ccc(-c7ccccc7)cc6c6cccc4c65)cc3cc2c1. The topological polar surface area (TPSA) is 28.7 Å². The van der Waals surface area contributed by atoms with Crippen LogP contribution in [0.4, 0.5) is 0 Å². The molecule has 54 heavy (non-hydrogen) atoms. The first-order valence-electron chi connectivity index (χ1n) is 18.6. The fourth-order valence-corrected chi connectivity index (χ4v) is 9.85. The number of rotatable bonds is 2. The molecule has 10 aromatic rings. The van der Waals surface area contributed by atoms with E-state index in [1.165, 1.54) is 93.9 Å². The highest BCUT2D eigenvalue weighted by Gasteiger charge is 2.50. The number of hydrogen-bond donors (Lipinski definition) is 0. The van der Waals surface area contributed by atoms with E-state index in [1.54, 1.807) is 0 Å². The van der Waals surface area contributed by atoms with E-state index in [9.17, 15) is 5.26 Å². The van der Waals surface area contributed by atoms with Crippen molar-refractivity contribution < 1.29 is 0 Å². The first-order valence-corrected chi connectivity index (χ1v) is 18.6. The van der Waals surface area contributed by atoms with Crippen LogP contribution < -0.4 is 0 Å². The van der Waals surface area contributed by atoms with Gasteiger partial charge in [0.15, 0.2) is 0 Å². The van der Waals surface area contributed by atoms with Crippen LogP contribution in [0.5, 0.6) is 0 Å². The summed E-state index contributed by atoms with van der Waals surface area (Å²) in [5, 5.41) is 16.7. The molecule has 2 heteroatoms. The van der Waals surface area contributed by atoms with Crippen LogP contribution in [0.1, 0.15) is 27.8 Å². The fourth-order valence-electron chi connectivity index (χ4n) is 9.85. The molecule has 0 saturated heterocycles. The Balaban J connectivity index is 1.11. The van der Waals surface area contributed by atoms with Crippen LogP contribution in [0.2, 0.25) is 0 Å². The summed E-state index contributed by atoms with van der Waals surface area (Å²) < 4.78 is 2.52. The Bertz CT molecular complexity index is 3290. The first-order chi connectivity index (χ1) is 26.7. The lowest BCUT2D eigenvalue weighted by atomic mass is 9.65. The summed E-state index contributed by atoms with van der Waals surface area (Å²) in [6.07, 6.45) is 0. The summed E-state index contributed by atoms with van der Waals surface area (Å²) in [6, 6.07) is 69.3. The van der Waals surface area contributed by atoms with E-state index < -0.39 is 5.41 Å². The van der Waals surface area contributed by atoms with E-state index in [2.05, 4.69) is 174 Å². The summed E-state index contributed by atoms with van der Waals surface area (Å²) in [5.74, 6) is 0.